The maximum atomic E-state index is 4.33. The van der Waals surface area contributed by atoms with Gasteiger partial charge in [0, 0.05) is 18.4 Å². The van der Waals surface area contributed by atoms with Crippen LogP contribution in [0.4, 0.5) is 0 Å². The van der Waals surface area contributed by atoms with Crippen molar-refractivity contribution in [3.8, 4) is 0 Å². The average Bonchev–Trinajstić information content (AvgIpc) is 3.18. The quantitative estimate of drug-likeness (QED) is 0.351. The number of unbranched alkanes of at least 4 members (excludes halogenated alkanes) is 6. The van der Waals surface area contributed by atoms with Crippen LogP contribution in [-0.2, 0) is 6.42 Å². The predicted octanol–water partition coefficient (Wildman–Crippen LogP) is 7.08. The Morgan fingerprint density at radius 3 is 2.23 bits per heavy atom. The smallest absolute Gasteiger partial charge is 0.0948 e. The first-order valence-electron chi connectivity index (χ1n) is 10.7. The van der Waals surface area contributed by atoms with Crippen molar-refractivity contribution in [3.63, 3.8) is 0 Å². The molecule has 2 aromatic rings. The Morgan fingerprint density at radius 2 is 1.62 bits per heavy atom. The third-order valence-corrected chi connectivity index (χ3v) is 5.68. The minimum atomic E-state index is 0.549. The van der Waals surface area contributed by atoms with Gasteiger partial charge >= 0.3 is 0 Å². The van der Waals surface area contributed by atoms with Crippen molar-refractivity contribution < 1.29 is 0 Å². The minimum absolute atomic E-state index is 0.549. The molecule has 0 saturated carbocycles. The van der Waals surface area contributed by atoms with Crippen LogP contribution in [-0.4, -0.2) is 9.55 Å². The molecule has 0 spiro atoms. The zero-order valence-electron chi connectivity index (χ0n) is 17.1. The van der Waals surface area contributed by atoms with E-state index in [4.69, 9.17) is 0 Å². The van der Waals surface area contributed by atoms with Gasteiger partial charge in [-0.3, -0.25) is 0 Å². The Balaban J connectivity index is 1.95. The first-order chi connectivity index (χ1) is 12.7. The Morgan fingerprint density at radius 1 is 0.923 bits per heavy atom. The van der Waals surface area contributed by atoms with Crippen LogP contribution in [0.1, 0.15) is 83.7 Å². The number of rotatable bonds is 13. The fraction of sp³-hybridized carbons (Fsp3) is 0.625. The van der Waals surface area contributed by atoms with E-state index in [0.717, 1.165) is 6.42 Å². The van der Waals surface area contributed by atoms with Crippen molar-refractivity contribution in [2.24, 2.45) is 11.8 Å². The second kappa shape index (κ2) is 11.9. The summed E-state index contributed by atoms with van der Waals surface area (Å²) in [4.78, 5) is 4.33. The number of hydrogen-bond donors (Lipinski definition) is 0. The average molecular weight is 355 g/mol. The molecule has 1 heterocycles. The maximum Gasteiger partial charge on any atom is 0.0948 e. The molecule has 2 rings (SSSR count). The molecule has 0 saturated heterocycles. The molecular weight excluding hydrogens is 316 g/mol. The Hall–Kier alpha value is -1.57. The van der Waals surface area contributed by atoms with Crippen molar-refractivity contribution in [1.82, 2.24) is 9.55 Å². The first kappa shape index (κ1) is 20.7. The van der Waals surface area contributed by atoms with E-state index in [1.807, 2.05) is 12.5 Å². The highest BCUT2D eigenvalue weighted by Gasteiger charge is 2.25. The lowest BCUT2D eigenvalue weighted by Crippen LogP contribution is -2.25. The van der Waals surface area contributed by atoms with Crippen molar-refractivity contribution in [2.75, 3.05) is 0 Å². The van der Waals surface area contributed by atoms with Gasteiger partial charge in [-0.05, 0) is 30.2 Å². The molecular formula is C24H38N2. The molecule has 2 heteroatoms. The second-order valence-corrected chi connectivity index (χ2v) is 8.08. The summed E-state index contributed by atoms with van der Waals surface area (Å²) >= 11 is 0. The highest BCUT2D eigenvalue weighted by molar-refractivity contribution is 5.15. The van der Waals surface area contributed by atoms with Gasteiger partial charge in [-0.2, -0.15) is 0 Å². The summed E-state index contributed by atoms with van der Waals surface area (Å²) in [7, 11) is 0. The molecule has 0 fully saturated rings. The van der Waals surface area contributed by atoms with E-state index >= 15 is 0 Å². The minimum Gasteiger partial charge on any atom is -0.334 e. The fourth-order valence-electron chi connectivity index (χ4n) is 4.06. The molecule has 0 amide bonds. The van der Waals surface area contributed by atoms with E-state index < -0.39 is 0 Å². The number of aromatic nitrogens is 2. The maximum absolute atomic E-state index is 4.33. The molecule has 0 bridgehead atoms. The summed E-state index contributed by atoms with van der Waals surface area (Å²) in [5.41, 5.74) is 1.45. The third-order valence-electron chi connectivity index (χ3n) is 5.68. The number of imidazole rings is 1. The Labute approximate surface area is 161 Å². The van der Waals surface area contributed by atoms with E-state index in [-0.39, 0.29) is 0 Å². The monoisotopic (exact) mass is 354 g/mol. The molecule has 0 radical (unpaired) electrons. The van der Waals surface area contributed by atoms with E-state index in [0.29, 0.717) is 17.9 Å². The Bertz CT molecular complexity index is 559. The summed E-state index contributed by atoms with van der Waals surface area (Å²) in [5, 5.41) is 0. The highest BCUT2D eigenvalue weighted by Crippen LogP contribution is 2.33. The zero-order valence-corrected chi connectivity index (χ0v) is 17.1. The molecule has 2 atom stereocenters. The molecule has 2 nitrogen and oxygen atoms in total. The Kier molecular flexibility index (Phi) is 9.52. The largest absolute Gasteiger partial charge is 0.334 e. The van der Waals surface area contributed by atoms with Crippen molar-refractivity contribution >= 4 is 0 Å². The van der Waals surface area contributed by atoms with Gasteiger partial charge in [0.15, 0.2) is 0 Å². The molecule has 0 aliphatic carbocycles. The lowest BCUT2D eigenvalue weighted by molar-refractivity contribution is 0.233. The first-order valence-corrected chi connectivity index (χ1v) is 10.7. The molecule has 144 valence electrons. The molecule has 0 N–H and O–H groups in total. The van der Waals surface area contributed by atoms with E-state index in [1.54, 1.807) is 0 Å². The van der Waals surface area contributed by atoms with Crippen LogP contribution in [0.5, 0.6) is 0 Å². The fourth-order valence-corrected chi connectivity index (χ4v) is 4.06. The topological polar surface area (TPSA) is 17.8 Å². The molecule has 0 aliphatic rings. The number of hydrogen-bond acceptors (Lipinski definition) is 1. The molecule has 1 aromatic heterocycles. The van der Waals surface area contributed by atoms with Gasteiger partial charge in [0.2, 0.25) is 0 Å². The SMILES string of the molecule is CCCCCCCCCC(C(Cc1ccccc1)C(C)C)n1ccnc1. The van der Waals surface area contributed by atoms with Gasteiger partial charge in [-0.15, -0.1) is 0 Å². The normalized spacial score (nSPS) is 13.8. The van der Waals surface area contributed by atoms with Crippen molar-refractivity contribution in [1.29, 1.82) is 0 Å². The lowest BCUT2D eigenvalue weighted by Gasteiger charge is -2.31. The summed E-state index contributed by atoms with van der Waals surface area (Å²) < 4.78 is 2.37. The zero-order chi connectivity index (χ0) is 18.6. The third kappa shape index (κ3) is 6.97. The predicted molar refractivity (Wildman–Crippen MR) is 112 cm³/mol. The van der Waals surface area contributed by atoms with E-state index in [2.05, 4.69) is 66.9 Å². The van der Waals surface area contributed by atoms with Gasteiger partial charge in [0.25, 0.3) is 0 Å². The summed E-state index contributed by atoms with van der Waals surface area (Å²) in [6.45, 7) is 7.04. The van der Waals surface area contributed by atoms with E-state index in [9.17, 15) is 0 Å². The van der Waals surface area contributed by atoms with Crippen LogP contribution in [0.2, 0.25) is 0 Å². The summed E-state index contributed by atoms with van der Waals surface area (Å²) in [5.74, 6) is 1.30. The standard InChI is InChI=1S/C24H38N2/c1-4-5-6-7-8-9-13-16-24(26-18-17-25-20-26)23(21(2)3)19-22-14-11-10-12-15-22/h10-12,14-15,17-18,20-21,23-24H,4-9,13,16,19H2,1-3H3. The highest BCUT2D eigenvalue weighted by atomic mass is 15.1. The van der Waals surface area contributed by atoms with Gasteiger partial charge in [0.05, 0.1) is 6.33 Å². The van der Waals surface area contributed by atoms with Crippen molar-refractivity contribution in [3.05, 3.63) is 54.6 Å². The van der Waals surface area contributed by atoms with Crippen LogP contribution in [0.25, 0.3) is 0 Å². The van der Waals surface area contributed by atoms with Crippen molar-refractivity contribution in [2.45, 2.75) is 84.6 Å². The van der Waals surface area contributed by atoms with Crippen LogP contribution in [0, 0.1) is 11.8 Å². The summed E-state index contributed by atoms with van der Waals surface area (Å²) in [6, 6.07) is 11.5. The van der Waals surface area contributed by atoms with Crippen LogP contribution >= 0.6 is 0 Å². The van der Waals surface area contributed by atoms with E-state index in [1.165, 1.54) is 56.9 Å². The van der Waals surface area contributed by atoms with Crippen LogP contribution in [0.3, 0.4) is 0 Å². The van der Waals surface area contributed by atoms with Gasteiger partial charge in [-0.1, -0.05) is 96.0 Å². The lowest BCUT2D eigenvalue weighted by atomic mass is 9.81. The number of nitrogens with zero attached hydrogens (tertiary/aromatic N) is 2. The van der Waals surface area contributed by atoms with Gasteiger partial charge < -0.3 is 4.57 Å². The van der Waals surface area contributed by atoms with Crippen LogP contribution in [0.15, 0.2) is 49.1 Å². The molecule has 26 heavy (non-hydrogen) atoms. The molecule has 1 aromatic carbocycles. The summed E-state index contributed by atoms with van der Waals surface area (Å²) in [6.07, 6.45) is 18.1. The van der Waals surface area contributed by atoms with Crippen LogP contribution < -0.4 is 0 Å². The molecule has 0 aliphatic heterocycles. The number of benzene rings is 1. The van der Waals surface area contributed by atoms with Gasteiger partial charge in [-0.25, -0.2) is 4.98 Å². The second-order valence-electron chi connectivity index (χ2n) is 8.08. The molecule has 2 unspecified atom stereocenters. The van der Waals surface area contributed by atoms with Gasteiger partial charge in [0.1, 0.15) is 0 Å².